The molecule has 2 aromatic rings. The van der Waals surface area contributed by atoms with Gasteiger partial charge < -0.3 is 14.8 Å². The molecule has 24 heavy (non-hydrogen) atoms. The predicted molar refractivity (Wildman–Crippen MR) is 94.9 cm³/mol. The van der Waals surface area contributed by atoms with Gasteiger partial charge >= 0.3 is 0 Å². The summed E-state index contributed by atoms with van der Waals surface area (Å²) in [6.07, 6.45) is 1.42. The van der Waals surface area contributed by atoms with Crippen molar-refractivity contribution in [2.75, 3.05) is 18.5 Å². The number of anilines is 1. The zero-order valence-corrected chi connectivity index (χ0v) is 14.2. The van der Waals surface area contributed by atoms with Crippen molar-refractivity contribution in [2.45, 2.75) is 32.6 Å². The Morgan fingerprint density at radius 3 is 2.50 bits per heavy atom. The highest BCUT2D eigenvalue weighted by Crippen LogP contribution is 2.31. The lowest BCUT2D eigenvalue weighted by atomic mass is 9.98. The fraction of sp³-hybridized carbons (Fsp3) is 0.350. The SMILES string of the molecule is CC[C@H](C)c1ccc(NC(=O)Cc2ccc3c(c2)OCCO3)cc1. The highest BCUT2D eigenvalue weighted by molar-refractivity contribution is 5.92. The fourth-order valence-corrected chi connectivity index (χ4v) is 2.72. The quantitative estimate of drug-likeness (QED) is 0.898. The molecule has 0 aromatic heterocycles. The number of hydrogen-bond donors (Lipinski definition) is 1. The van der Waals surface area contributed by atoms with E-state index in [0.717, 1.165) is 23.4 Å². The number of carbonyl (C=O) groups is 1. The third-order valence-electron chi connectivity index (χ3n) is 4.35. The van der Waals surface area contributed by atoms with Gasteiger partial charge in [-0.25, -0.2) is 0 Å². The van der Waals surface area contributed by atoms with Crippen molar-refractivity contribution in [1.82, 2.24) is 0 Å². The Labute approximate surface area is 142 Å². The molecule has 3 rings (SSSR count). The van der Waals surface area contributed by atoms with Gasteiger partial charge in [-0.3, -0.25) is 4.79 Å². The van der Waals surface area contributed by atoms with Crippen molar-refractivity contribution in [3.63, 3.8) is 0 Å². The highest BCUT2D eigenvalue weighted by Gasteiger charge is 2.13. The minimum Gasteiger partial charge on any atom is -0.486 e. The lowest BCUT2D eigenvalue weighted by molar-refractivity contribution is -0.115. The van der Waals surface area contributed by atoms with Crippen LogP contribution in [-0.2, 0) is 11.2 Å². The minimum atomic E-state index is -0.0389. The molecule has 2 aromatic carbocycles. The summed E-state index contributed by atoms with van der Waals surface area (Å²) in [7, 11) is 0. The van der Waals surface area contributed by atoms with Crippen LogP contribution in [0, 0.1) is 0 Å². The Kier molecular flexibility index (Phi) is 5.04. The Hall–Kier alpha value is -2.49. The normalized spacial score (nSPS) is 14.1. The van der Waals surface area contributed by atoms with E-state index >= 15 is 0 Å². The maximum Gasteiger partial charge on any atom is 0.228 e. The van der Waals surface area contributed by atoms with Gasteiger partial charge in [0, 0.05) is 5.69 Å². The highest BCUT2D eigenvalue weighted by atomic mass is 16.6. The Morgan fingerprint density at radius 1 is 1.08 bits per heavy atom. The first-order valence-corrected chi connectivity index (χ1v) is 8.44. The lowest BCUT2D eigenvalue weighted by Crippen LogP contribution is -2.17. The number of carbonyl (C=O) groups excluding carboxylic acids is 1. The molecular weight excluding hydrogens is 302 g/mol. The molecule has 0 spiro atoms. The van der Waals surface area contributed by atoms with Crippen molar-refractivity contribution in [3.8, 4) is 11.5 Å². The van der Waals surface area contributed by atoms with Crippen LogP contribution in [0.25, 0.3) is 0 Å². The van der Waals surface area contributed by atoms with E-state index in [-0.39, 0.29) is 5.91 Å². The molecule has 0 fully saturated rings. The fourth-order valence-electron chi connectivity index (χ4n) is 2.72. The van der Waals surface area contributed by atoms with Gasteiger partial charge in [-0.2, -0.15) is 0 Å². The molecule has 1 heterocycles. The molecule has 1 N–H and O–H groups in total. The van der Waals surface area contributed by atoms with E-state index in [1.54, 1.807) is 0 Å². The van der Waals surface area contributed by atoms with Gasteiger partial charge in [0.15, 0.2) is 11.5 Å². The molecule has 126 valence electrons. The van der Waals surface area contributed by atoms with Crippen LogP contribution >= 0.6 is 0 Å². The molecule has 4 nitrogen and oxygen atoms in total. The topological polar surface area (TPSA) is 47.6 Å². The van der Waals surface area contributed by atoms with Crippen molar-refractivity contribution in [2.24, 2.45) is 0 Å². The Morgan fingerprint density at radius 2 is 1.79 bits per heavy atom. The van der Waals surface area contributed by atoms with Crippen LogP contribution in [0.3, 0.4) is 0 Å². The third-order valence-corrected chi connectivity index (χ3v) is 4.35. The molecule has 0 aliphatic carbocycles. The number of benzene rings is 2. The summed E-state index contributed by atoms with van der Waals surface area (Å²) in [5.41, 5.74) is 3.03. The van der Waals surface area contributed by atoms with Gasteiger partial charge in [0.05, 0.1) is 6.42 Å². The van der Waals surface area contributed by atoms with Crippen molar-refractivity contribution >= 4 is 11.6 Å². The summed E-state index contributed by atoms with van der Waals surface area (Å²) in [6, 6.07) is 13.7. The van der Waals surface area contributed by atoms with Crippen molar-refractivity contribution < 1.29 is 14.3 Å². The standard InChI is InChI=1S/C20H23NO3/c1-3-14(2)16-5-7-17(8-6-16)21-20(22)13-15-4-9-18-19(12-15)24-11-10-23-18/h4-9,12,14H,3,10-11,13H2,1-2H3,(H,21,22)/t14-/m0/s1. The predicted octanol–water partition coefficient (Wildman–Crippen LogP) is 4.15. The maximum atomic E-state index is 12.2. The molecule has 0 saturated heterocycles. The molecule has 0 radical (unpaired) electrons. The first-order valence-electron chi connectivity index (χ1n) is 8.44. The first-order chi connectivity index (χ1) is 11.7. The zero-order valence-electron chi connectivity index (χ0n) is 14.2. The van der Waals surface area contributed by atoms with E-state index < -0.39 is 0 Å². The van der Waals surface area contributed by atoms with Crippen LogP contribution in [0.2, 0.25) is 0 Å². The summed E-state index contributed by atoms with van der Waals surface area (Å²) in [4.78, 5) is 12.2. The van der Waals surface area contributed by atoms with Crippen LogP contribution < -0.4 is 14.8 Å². The number of rotatable bonds is 5. The third kappa shape index (κ3) is 3.88. The van der Waals surface area contributed by atoms with Crippen LogP contribution in [0.5, 0.6) is 11.5 Å². The summed E-state index contributed by atoms with van der Waals surface area (Å²) in [5.74, 6) is 1.95. The molecular formula is C20H23NO3. The zero-order chi connectivity index (χ0) is 16.9. The molecule has 1 atom stereocenters. The van der Waals surface area contributed by atoms with Gasteiger partial charge in [-0.15, -0.1) is 0 Å². The van der Waals surface area contributed by atoms with E-state index in [9.17, 15) is 4.79 Å². The summed E-state index contributed by atoms with van der Waals surface area (Å²) in [6.45, 7) is 5.49. The van der Waals surface area contributed by atoms with E-state index in [1.807, 2.05) is 30.3 Å². The number of amides is 1. The molecule has 0 unspecified atom stereocenters. The molecule has 1 amide bonds. The van der Waals surface area contributed by atoms with Crippen LogP contribution in [0.15, 0.2) is 42.5 Å². The average Bonchev–Trinajstić information content (AvgIpc) is 2.61. The summed E-state index contributed by atoms with van der Waals surface area (Å²) in [5, 5.41) is 2.94. The maximum absolute atomic E-state index is 12.2. The lowest BCUT2D eigenvalue weighted by Gasteiger charge is -2.18. The van der Waals surface area contributed by atoms with Crippen LogP contribution in [0.1, 0.15) is 37.3 Å². The second kappa shape index (κ2) is 7.39. The smallest absolute Gasteiger partial charge is 0.228 e. The largest absolute Gasteiger partial charge is 0.486 e. The number of hydrogen-bond acceptors (Lipinski definition) is 3. The van der Waals surface area contributed by atoms with E-state index in [2.05, 4.69) is 31.3 Å². The average molecular weight is 325 g/mol. The van der Waals surface area contributed by atoms with Gasteiger partial charge in [0.2, 0.25) is 5.91 Å². The minimum absolute atomic E-state index is 0.0389. The van der Waals surface area contributed by atoms with Gasteiger partial charge in [0.1, 0.15) is 13.2 Å². The second-order valence-electron chi connectivity index (χ2n) is 6.13. The van der Waals surface area contributed by atoms with E-state index in [0.29, 0.717) is 31.3 Å². The molecule has 1 aliphatic rings. The van der Waals surface area contributed by atoms with Gasteiger partial charge in [0.25, 0.3) is 0 Å². The van der Waals surface area contributed by atoms with E-state index in [1.165, 1.54) is 5.56 Å². The van der Waals surface area contributed by atoms with E-state index in [4.69, 9.17) is 9.47 Å². The molecule has 0 bridgehead atoms. The van der Waals surface area contributed by atoms with Gasteiger partial charge in [-0.05, 0) is 47.7 Å². The first kappa shape index (κ1) is 16.4. The molecule has 1 aliphatic heterocycles. The summed E-state index contributed by atoms with van der Waals surface area (Å²) < 4.78 is 11.0. The second-order valence-corrected chi connectivity index (χ2v) is 6.13. The Bertz CT molecular complexity index is 709. The van der Waals surface area contributed by atoms with Crippen molar-refractivity contribution in [3.05, 3.63) is 53.6 Å². The van der Waals surface area contributed by atoms with Crippen LogP contribution in [0.4, 0.5) is 5.69 Å². The Balaban J connectivity index is 1.61. The number of ether oxygens (including phenoxy) is 2. The van der Waals surface area contributed by atoms with Crippen LogP contribution in [-0.4, -0.2) is 19.1 Å². The summed E-state index contributed by atoms with van der Waals surface area (Å²) >= 11 is 0. The monoisotopic (exact) mass is 325 g/mol. The van der Waals surface area contributed by atoms with Gasteiger partial charge in [-0.1, -0.05) is 32.0 Å². The number of nitrogens with one attached hydrogen (secondary N) is 1. The molecule has 4 heteroatoms. The van der Waals surface area contributed by atoms with Crippen molar-refractivity contribution in [1.29, 1.82) is 0 Å². The molecule has 0 saturated carbocycles. The number of fused-ring (bicyclic) bond motifs is 1.